The van der Waals surface area contributed by atoms with Crippen LogP contribution in [0, 0.1) is 5.41 Å². The van der Waals surface area contributed by atoms with Crippen molar-refractivity contribution in [1.82, 2.24) is 4.98 Å². The average Bonchev–Trinajstić information content (AvgIpc) is 2.97. The first-order valence-corrected chi connectivity index (χ1v) is 7.20. The van der Waals surface area contributed by atoms with E-state index in [0.717, 1.165) is 12.8 Å². The smallest absolute Gasteiger partial charge is 0.240 e. The van der Waals surface area contributed by atoms with Crippen LogP contribution in [0.15, 0.2) is 24.4 Å². The van der Waals surface area contributed by atoms with Crippen molar-refractivity contribution >= 4 is 15.8 Å². The molecule has 2 rings (SSSR count). The van der Waals surface area contributed by atoms with E-state index in [4.69, 9.17) is 0 Å². The standard InChI is InChI=1S/C12H18N2O2S/c1-11(2,3)12(7-8-12)17(15,16)14-10-6-4-5-9-13-10/h4-6,9H,7-8H2,1-3H3,(H,13,14). The maximum atomic E-state index is 12.4. The molecule has 1 heterocycles. The number of nitrogens with one attached hydrogen (secondary N) is 1. The van der Waals surface area contributed by atoms with Gasteiger partial charge in [-0.25, -0.2) is 13.4 Å². The maximum Gasteiger partial charge on any atom is 0.240 e. The summed E-state index contributed by atoms with van der Waals surface area (Å²) in [6.45, 7) is 5.91. The van der Waals surface area contributed by atoms with Crippen LogP contribution in [0.25, 0.3) is 0 Å². The molecule has 1 aromatic heterocycles. The van der Waals surface area contributed by atoms with Crippen molar-refractivity contribution in [3.63, 3.8) is 0 Å². The summed E-state index contributed by atoms with van der Waals surface area (Å²) in [6.07, 6.45) is 3.02. The second-order valence-corrected chi connectivity index (χ2v) is 7.56. The lowest BCUT2D eigenvalue weighted by Gasteiger charge is -2.30. The Bertz CT molecular complexity index is 499. The van der Waals surface area contributed by atoms with Crippen LogP contribution in [0.3, 0.4) is 0 Å². The number of nitrogens with zero attached hydrogens (tertiary/aromatic N) is 1. The molecule has 0 atom stereocenters. The quantitative estimate of drug-likeness (QED) is 0.901. The summed E-state index contributed by atoms with van der Waals surface area (Å²) in [6, 6.07) is 5.19. The predicted octanol–water partition coefficient (Wildman–Crippen LogP) is 2.40. The minimum atomic E-state index is -3.37. The molecule has 0 aliphatic heterocycles. The Balaban J connectivity index is 2.28. The van der Waals surface area contributed by atoms with Crippen LogP contribution in [0.4, 0.5) is 5.82 Å². The van der Waals surface area contributed by atoms with Gasteiger partial charge in [0.25, 0.3) is 0 Å². The summed E-state index contributed by atoms with van der Waals surface area (Å²) in [5.41, 5.74) is -0.256. The number of aromatic nitrogens is 1. The molecule has 0 aromatic carbocycles. The SMILES string of the molecule is CC(C)(C)C1(S(=O)(=O)Nc2ccccn2)CC1. The van der Waals surface area contributed by atoms with Crippen LogP contribution < -0.4 is 4.72 Å². The fraction of sp³-hybridized carbons (Fsp3) is 0.583. The van der Waals surface area contributed by atoms with E-state index in [0.29, 0.717) is 5.82 Å². The molecule has 1 aromatic rings. The molecule has 1 aliphatic carbocycles. The van der Waals surface area contributed by atoms with Crippen molar-refractivity contribution in [3.8, 4) is 0 Å². The summed E-state index contributed by atoms with van der Waals surface area (Å²) < 4.78 is 26.7. The van der Waals surface area contributed by atoms with E-state index in [9.17, 15) is 8.42 Å². The molecule has 17 heavy (non-hydrogen) atoms. The minimum absolute atomic E-state index is 0.256. The summed E-state index contributed by atoms with van der Waals surface area (Å²) in [7, 11) is -3.37. The molecule has 4 nitrogen and oxygen atoms in total. The number of anilines is 1. The molecule has 0 radical (unpaired) electrons. The molecule has 1 aliphatic rings. The van der Waals surface area contributed by atoms with Gasteiger partial charge in [0, 0.05) is 6.20 Å². The van der Waals surface area contributed by atoms with Crippen molar-refractivity contribution in [2.45, 2.75) is 38.4 Å². The second-order valence-electron chi connectivity index (χ2n) is 5.56. The number of pyridine rings is 1. The van der Waals surface area contributed by atoms with Gasteiger partial charge >= 0.3 is 0 Å². The Hall–Kier alpha value is -1.10. The van der Waals surface area contributed by atoms with Gasteiger partial charge in [0.15, 0.2) is 0 Å². The highest BCUT2D eigenvalue weighted by Crippen LogP contribution is 2.55. The van der Waals surface area contributed by atoms with Gasteiger partial charge in [-0.05, 0) is 30.4 Å². The molecule has 1 fully saturated rings. The first-order valence-electron chi connectivity index (χ1n) is 5.72. The topological polar surface area (TPSA) is 59.1 Å². The van der Waals surface area contributed by atoms with E-state index >= 15 is 0 Å². The van der Waals surface area contributed by atoms with Gasteiger partial charge in [-0.15, -0.1) is 0 Å². The molecule has 1 N–H and O–H groups in total. The lowest BCUT2D eigenvalue weighted by molar-refractivity contribution is 0.363. The third-order valence-corrected chi connectivity index (χ3v) is 6.02. The van der Waals surface area contributed by atoms with E-state index in [1.165, 1.54) is 0 Å². The largest absolute Gasteiger partial charge is 0.267 e. The zero-order chi connectivity index (χ0) is 12.7. The molecular weight excluding hydrogens is 236 g/mol. The van der Waals surface area contributed by atoms with E-state index < -0.39 is 14.8 Å². The predicted molar refractivity (Wildman–Crippen MR) is 68.2 cm³/mol. The van der Waals surface area contributed by atoms with Gasteiger partial charge in [-0.1, -0.05) is 26.8 Å². The van der Waals surface area contributed by atoms with Crippen molar-refractivity contribution in [2.75, 3.05) is 4.72 Å². The van der Waals surface area contributed by atoms with E-state index in [2.05, 4.69) is 9.71 Å². The Labute approximate surface area is 103 Å². The van der Waals surface area contributed by atoms with Crippen molar-refractivity contribution in [3.05, 3.63) is 24.4 Å². The lowest BCUT2D eigenvalue weighted by Crippen LogP contribution is -2.40. The molecule has 0 bridgehead atoms. The molecule has 0 amide bonds. The van der Waals surface area contributed by atoms with Crippen LogP contribution in [-0.4, -0.2) is 18.1 Å². The third kappa shape index (κ3) is 2.04. The number of sulfonamides is 1. The van der Waals surface area contributed by atoms with E-state index in [1.54, 1.807) is 24.4 Å². The first-order chi connectivity index (χ1) is 7.79. The fourth-order valence-electron chi connectivity index (χ4n) is 2.19. The van der Waals surface area contributed by atoms with Crippen LogP contribution >= 0.6 is 0 Å². The summed E-state index contributed by atoms with van der Waals surface area (Å²) in [4.78, 5) is 4.00. The fourth-order valence-corrected chi connectivity index (χ4v) is 4.23. The minimum Gasteiger partial charge on any atom is -0.267 e. The van der Waals surface area contributed by atoms with Gasteiger partial charge in [-0.2, -0.15) is 0 Å². The zero-order valence-corrected chi connectivity index (χ0v) is 11.2. The van der Waals surface area contributed by atoms with Crippen molar-refractivity contribution in [1.29, 1.82) is 0 Å². The molecule has 0 spiro atoms. The summed E-state index contributed by atoms with van der Waals surface area (Å²) in [5.74, 6) is 0.392. The Kier molecular flexibility index (Phi) is 2.69. The molecule has 0 unspecified atom stereocenters. The van der Waals surface area contributed by atoms with Gasteiger partial charge in [-0.3, -0.25) is 4.72 Å². The highest BCUT2D eigenvalue weighted by molar-refractivity contribution is 7.94. The molecule has 1 saturated carbocycles. The maximum absolute atomic E-state index is 12.4. The Morgan fingerprint density at radius 2 is 1.94 bits per heavy atom. The first kappa shape index (κ1) is 12.4. The van der Waals surface area contributed by atoms with Crippen LogP contribution in [0.5, 0.6) is 0 Å². The molecule has 0 saturated heterocycles. The highest BCUT2D eigenvalue weighted by atomic mass is 32.2. The van der Waals surface area contributed by atoms with Crippen LogP contribution in [0.1, 0.15) is 33.6 Å². The average molecular weight is 254 g/mol. The number of rotatable bonds is 3. The zero-order valence-electron chi connectivity index (χ0n) is 10.4. The molecular formula is C12H18N2O2S. The van der Waals surface area contributed by atoms with Crippen LogP contribution in [-0.2, 0) is 10.0 Å². The van der Waals surface area contributed by atoms with Gasteiger partial charge < -0.3 is 0 Å². The van der Waals surface area contributed by atoms with E-state index in [-0.39, 0.29) is 5.41 Å². The second kappa shape index (κ2) is 3.70. The Morgan fingerprint density at radius 3 is 2.35 bits per heavy atom. The monoisotopic (exact) mass is 254 g/mol. The van der Waals surface area contributed by atoms with Gasteiger partial charge in [0.2, 0.25) is 10.0 Å². The number of hydrogen-bond donors (Lipinski definition) is 1. The van der Waals surface area contributed by atoms with Crippen molar-refractivity contribution in [2.24, 2.45) is 5.41 Å². The summed E-state index contributed by atoms with van der Waals surface area (Å²) in [5, 5.41) is 0. The number of hydrogen-bond acceptors (Lipinski definition) is 3. The molecule has 94 valence electrons. The van der Waals surface area contributed by atoms with Gasteiger partial charge in [0.1, 0.15) is 5.82 Å². The van der Waals surface area contributed by atoms with Crippen LogP contribution in [0.2, 0.25) is 0 Å². The highest BCUT2D eigenvalue weighted by Gasteiger charge is 2.62. The van der Waals surface area contributed by atoms with Crippen molar-refractivity contribution < 1.29 is 8.42 Å². The normalized spacial score (nSPS) is 18.8. The third-order valence-electron chi connectivity index (χ3n) is 3.49. The van der Waals surface area contributed by atoms with E-state index in [1.807, 2.05) is 20.8 Å². The van der Waals surface area contributed by atoms with Gasteiger partial charge in [0.05, 0.1) is 4.75 Å². The molecule has 5 heteroatoms. The Morgan fingerprint density at radius 1 is 1.29 bits per heavy atom. The summed E-state index contributed by atoms with van der Waals surface area (Å²) >= 11 is 0. The lowest BCUT2D eigenvalue weighted by atomic mass is 9.90.